The average Bonchev–Trinajstić information content (AvgIpc) is 2.66. The SMILES string of the molecule is CC(Cl)c1noc(-c2ccc(Cl)cc2F)n1. The molecule has 2 aromatic rings. The normalized spacial score (nSPS) is 12.8. The van der Waals surface area contributed by atoms with Crippen LogP contribution in [0.2, 0.25) is 5.02 Å². The van der Waals surface area contributed by atoms with Gasteiger partial charge >= 0.3 is 0 Å². The molecule has 16 heavy (non-hydrogen) atoms. The second-order valence-electron chi connectivity index (χ2n) is 3.20. The van der Waals surface area contributed by atoms with Crippen LogP contribution in [0.1, 0.15) is 18.1 Å². The molecule has 3 nitrogen and oxygen atoms in total. The molecule has 0 fully saturated rings. The summed E-state index contributed by atoms with van der Waals surface area (Å²) in [6.45, 7) is 1.70. The lowest BCUT2D eigenvalue weighted by molar-refractivity contribution is 0.420. The molecule has 0 saturated heterocycles. The molecule has 0 N–H and O–H groups in total. The molecule has 1 heterocycles. The van der Waals surface area contributed by atoms with Gasteiger partial charge in [0.1, 0.15) is 5.82 Å². The van der Waals surface area contributed by atoms with E-state index in [1.807, 2.05) is 0 Å². The van der Waals surface area contributed by atoms with E-state index < -0.39 is 5.82 Å². The van der Waals surface area contributed by atoms with Gasteiger partial charge in [0, 0.05) is 5.02 Å². The molecule has 1 atom stereocenters. The Morgan fingerprint density at radius 1 is 1.44 bits per heavy atom. The number of hydrogen-bond donors (Lipinski definition) is 0. The van der Waals surface area contributed by atoms with Gasteiger partial charge < -0.3 is 4.52 Å². The summed E-state index contributed by atoms with van der Waals surface area (Å²) < 4.78 is 18.4. The predicted octanol–water partition coefficient (Wildman–Crippen LogP) is 3.83. The Kier molecular flexibility index (Phi) is 3.12. The van der Waals surface area contributed by atoms with E-state index in [1.54, 1.807) is 13.0 Å². The van der Waals surface area contributed by atoms with Gasteiger partial charge in [0.2, 0.25) is 0 Å². The van der Waals surface area contributed by atoms with Crippen molar-refractivity contribution >= 4 is 23.2 Å². The Labute approximate surface area is 101 Å². The fourth-order valence-corrected chi connectivity index (χ4v) is 1.42. The average molecular weight is 261 g/mol. The van der Waals surface area contributed by atoms with Crippen molar-refractivity contribution in [3.8, 4) is 11.5 Å². The minimum Gasteiger partial charge on any atom is -0.334 e. The van der Waals surface area contributed by atoms with Gasteiger partial charge in [-0.05, 0) is 25.1 Å². The quantitative estimate of drug-likeness (QED) is 0.771. The molecule has 0 amide bonds. The summed E-state index contributed by atoms with van der Waals surface area (Å²) in [7, 11) is 0. The lowest BCUT2D eigenvalue weighted by atomic mass is 10.2. The molecule has 0 aliphatic heterocycles. The summed E-state index contributed by atoms with van der Waals surface area (Å²) in [5.41, 5.74) is 0.209. The van der Waals surface area contributed by atoms with Crippen LogP contribution in [0.5, 0.6) is 0 Å². The van der Waals surface area contributed by atoms with Gasteiger partial charge in [0.25, 0.3) is 5.89 Å². The molecule has 0 aliphatic carbocycles. The van der Waals surface area contributed by atoms with E-state index in [0.29, 0.717) is 10.8 Å². The van der Waals surface area contributed by atoms with E-state index in [9.17, 15) is 4.39 Å². The first-order valence-corrected chi connectivity index (χ1v) is 5.32. The molecule has 1 aromatic heterocycles. The molecule has 0 radical (unpaired) electrons. The lowest BCUT2D eigenvalue weighted by Gasteiger charge is -1.97. The third-order valence-electron chi connectivity index (χ3n) is 1.96. The molecular formula is C10H7Cl2FN2O. The number of alkyl halides is 1. The zero-order valence-corrected chi connectivity index (χ0v) is 9.76. The van der Waals surface area contributed by atoms with Crippen molar-refractivity contribution in [3.05, 3.63) is 34.9 Å². The number of hydrogen-bond acceptors (Lipinski definition) is 3. The first-order valence-electron chi connectivity index (χ1n) is 4.51. The highest BCUT2D eigenvalue weighted by Crippen LogP contribution is 2.25. The van der Waals surface area contributed by atoms with Crippen LogP contribution < -0.4 is 0 Å². The molecule has 1 unspecified atom stereocenters. The van der Waals surface area contributed by atoms with Crippen molar-refractivity contribution in [1.29, 1.82) is 0 Å². The third-order valence-corrected chi connectivity index (χ3v) is 2.39. The Hall–Kier alpha value is -1.13. The Morgan fingerprint density at radius 3 is 2.75 bits per heavy atom. The fourth-order valence-electron chi connectivity index (χ4n) is 1.17. The maximum absolute atomic E-state index is 13.5. The fraction of sp³-hybridized carbons (Fsp3) is 0.200. The van der Waals surface area contributed by atoms with E-state index in [0.717, 1.165) is 0 Å². The van der Waals surface area contributed by atoms with Crippen molar-refractivity contribution in [2.45, 2.75) is 12.3 Å². The highest BCUT2D eigenvalue weighted by atomic mass is 35.5. The Bertz CT molecular complexity index is 513. The van der Waals surface area contributed by atoms with Crippen LogP contribution in [-0.2, 0) is 0 Å². The minimum atomic E-state index is -0.509. The van der Waals surface area contributed by atoms with Crippen LogP contribution in [0.4, 0.5) is 4.39 Å². The summed E-state index contributed by atoms with van der Waals surface area (Å²) in [5, 5.41) is 3.57. The van der Waals surface area contributed by atoms with Gasteiger partial charge in [-0.3, -0.25) is 0 Å². The van der Waals surface area contributed by atoms with Gasteiger partial charge in [-0.2, -0.15) is 4.98 Å². The topological polar surface area (TPSA) is 38.9 Å². The van der Waals surface area contributed by atoms with Gasteiger partial charge in [-0.25, -0.2) is 4.39 Å². The van der Waals surface area contributed by atoms with Crippen LogP contribution in [-0.4, -0.2) is 10.1 Å². The van der Waals surface area contributed by atoms with E-state index in [4.69, 9.17) is 27.7 Å². The number of rotatable bonds is 2. The van der Waals surface area contributed by atoms with Gasteiger partial charge in [-0.15, -0.1) is 11.6 Å². The van der Waals surface area contributed by atoms with Crippen LogP contribution in [0.15, 0.2) is 22.7 Å². The standard InChI is InChI=1S/C10H7Cl2FN2O/c1-5(11)9-14-10(16-15-9)7-3-2-6(12)4-8(7)13/h2-5H,1H3. The number of benzene rings is 1. The van der Waals surface area contributed by atoms with Gasteiger partial charge in [0.05, 0.1) is 10.9 Å². The largest absolute Gasteiger partial charge is 0.334 e. The smallest absolute Gasteiger partial charge is 0.260 e. The molecule has 0 bridgehead atoms. The van der Waals surface area contributed by atoms with E-state index in [2.05, 4.69) is 10.1 Å². The second-order valence-corrected chi connectivity index (χ2v) is 4.29. The van der Waals surface area contributed by atoms with Crippen molar-refractivity contribution < 1.29 is 8.91 Å². The molecule has 2 rings (SSSR count). The Morgan fingerprint density at radius 2 is 2.19 bits per heavy atom. The minimum absolute atomic E-state index is 0.0941. The molecule has 0 aliphatic rings. The van der Waals surface area contributed by atoms with Crippen molar-refractivity contribution in [3.63, 3.8) is 0 Å². The highest BCUT2D eigenvalue weighted by molar-refractivity contribution is 6.30. The van der Waals surface area contributed by atoms with Gasteiger partial charge in [0.15, 0.2) is 5.82 Å². The number of aromatic nitrogens is 2. The Balaban J connectivity index is 2.42. The summed E-state index contributed by atoms with van der Waals surface area (Å²) in [6, 6.07) is 4.21. The molecule has 84 valence electrons. The van der Waals surface area contributed by atoms with Gasteiger partial charge in [-0.1, -0.05) is 16.8 Å². The van der Waals surface area contributed by atoms with E-state index in [1.165, 1.54) is 12.1 Å². The molecular weight excluding hydrogens is 254 g/mol. The predicted molar refractivity (Wildman–Crippen MR) is 59.0 cm³/mol. The van der Waals surface area contributed by atoms with Crippen LogP contribution in [0.25, 0.3) is 11.5 Å². The highest BCUT2D eigenvalue weighted by Gasteiger charge is 2.15. The summed E-state index contributed by atoms with van der Waals surface area (Å²) >= 11 is 11.4. The summed E-state index contributed by atoms with van der Waals surface area (Å²) in [5.74, 6) is -0.0902. The van der Waals surface area contributed by atoms with Crippen LogP contribution in [0, 0.1) is 5.82 Å². The van der Waals surface area contributed by atoms with Crippen LogP contribution in [0.3, 0.4) is 0 Å². The molecule has 1 aromatic carbocycles. The first kappa shape index (κ1) is 11.4. The molecule has 6 heteroatoms. The monoisotopic (exact) mass is 260 g/mol. The van der Waals surface area contributed by atoms with E-state index in [-0.39, 0.29) is 16.8 Å². The van der Waals surface area contributed by atoms with Crippen LogP contribution >= 0.6 is 23.2 Å². The maximum atomic E-state index is 13.5. The summed E-state index contributed by atoms with van der Waals surface area (Å²) in [6.07, 6.45) is 0. The maximum Gasteiger partial charge on any atom is 0.260 e. The number of nitrogens with zero attached hydrogens (tertiary/aromatic N) is 2. The zero-order valence-electron chi connectivity index (χ0n) is 8.25. The lowest BCUT2D eigenvalue weighted by Crippen LogP contribution is -1.88. The zero-order chi connectivity index (χ0) is 11.7. The van der Waals surface area contributed by atoms with Crippen molar-refractivity contribution in [1.82, 2.24) is 10.1 Å². The molecule has 0 saturated carbocycles. The second kappa shape index (κ2) is 4.39. The molecule has 0 spiro atoms. The van der Waals surface area contributed by atoms with Crippen molar-refractivity contribution in [2.75, 3.05) is 0 Å². The summed E-state index contributed by atoms with van der Waals surface area (Å²) in [4.78, 5) is 3.98. The van der Waals surface area contributed by atoms with E-state index >= 15 is 0 Å². The van der Waals surface area contributed by atoms with Crippen molar-refractivity contribution in [2.24, 2.45) is 0 Å². The number of halogens is 3. The first-order chi connectivity index (χ1) is 7.58. The third kappa shape index (κ3) is 2.18.